The van der Waals surface area contributed by atoms with Gasteiger partial charge in [0, 0.05) is 38.3 Å². The molecule has 61 heavy (non-hydrogen) atoms. The highest BCUT2D eigenvalue weighted by molar-refractivity contribution is 5.84. The number of fused-ring (bicyclic) bond motifs is 2. The first-order chi connectivity index (χ1) is 29.7. The van der Waals surface area contributed by atoms with Crippen LogP contribution in [0.2, 0.25) is 0 Å². The Hall–Kier alpha value is -5.59. The van der Waals surface area contributed by atoms with Crippen molar-refractivity contribution < 1.29 is 18.6 Å². The van der Waals surface area contributed by atoms with Crippen LogP contribution in [0.3, 0.4) is 0 Å². The number of hydrogen-bond acceptors (Lipinski definition) is 9. The number of aryl methyl sites for hydroxylation is 2. The fraction of sp³-hybridized carbons (Fsp3) is 0.429. The van der Waals surface area contributed by atoms with Crippen molar-refractivity contribution >= 4 is 21.8 Å². The molecule has 6 aromatic rings. The normalized spacial score (nSPS) is 18.3. The van der Waals surface area contributed by atoms with Crippen LogP contribution in [-0.2, 0) is 0 Å². The number of aromatic nitrogens is 4. The molecular formula is C49H55FN6O5. The molecule has 0 N–H and O–H groups in total. The third-order valence-electron chi connectivity index (χ3n) is 13.2. The molecule has 4 fully saturated rings. The highest BCUT2D eigenvalue weighted by Gasteiger charge is 2.30. The Kier molecular flexibility index (Phi) is 11.9. The van der Waals surface area contributed by atoms with Crippen LogP contribution < -0.4 is 25.3 Å². The van der Waals surface area contributed by atoms with Crippen LogP contribution in [-0.4, -0.2) is 86.5 Å². The highest BCUT2D eigenvalue weighted by atomic mass is 19.1. The summed E-state index contributed by atoms with van der Waals surface area (Å²) in [5.74, 6) is 2.80. The predicted molar refractivity (Wildman–Crippen MR) is 236 cm³/mol. The molecule has 318 valence electrons. The third kappa shape index (κ3) is 8.52. The van der Waals surface area contributed by atoms with Crippen molar-refractivity contribution in [2.45, 2.75) is 102 Å². The number of ether oxygens (including phenoxy) is 3. The van der Waals surface area contributed by atoms with E-state index in [1.54, 1.807) is 36.8 Å². The Bertz CT molecular complexity index is 2610. The molecule has 0 radical (unpaired) electrons. The second kappa shape index (κ2) is 17.8. The summed E-state index contributed by atoms with van der Waals surface area (Å²) in [6, 6.07) is 26.8. The van der Waals surface area contributed by atoms with E-state index in [1.807, 2.05) is 67.6 Å². The second-order valence-corrected chi connectivity index (χ2v) is 17.0. The summed E-state index contributed by atoms with van der Waals surface area (Å²) in [4.78, 5) is 40.4. The molecule has 2 aromatic heterocycles. The molecule has 0 bridgehead atoms. The Morgan fingerprint density at radius 3 is 1.41 bits per heavy atom. The zero-order valence-electron chi connectivity index (χ0n) is 35.4. The van der Waals surface area contributed by atoms with Gasteiger partial charge in [0.15, 0.2) is 0 Å². The minimum atomic E-state index is -0.549. The topological polar surface area (TPSA) is 104 Å². The third-order valence-corrected chi connectivity index (χ3v) is 13.2. The van der Waals surface area contributed by atoms with E-state index < -0.39 is 11.4 Å². The molecule has 0 atom stereocenters. The molecule has 4 heterocycles. The molecule has 0 spiro atoms. The molecule has 0 unspecified atom stereocenters. The van der Waals surface area contributed by atoms with Gasteiger partial charge in [-0.25, -0.2) is 14.4 Å². The summed E-state index contributed by atoms with van der Waals surface area (Å²) in [7, 11) is 1.57. The summed E-state index contributed by atoms with van der Waals surface area (Å²) in [5.41, 5.74) is 1.93. The first-order valence-electron chi connectivity index (χ1n) is 22.0. The molecule has 11 nitrogen and oxygen atoms in total. The molecule has 10 rings (SSSR count). The number of hydrogen-bond donors (Lipinski definition) is 0. The quantitative estimate of drug-likeness (QED) is 0.142. The summed E-state index contributed by atoms with van der Waals surface area (Å²) in [6.07, 6.45) is 12.9. The Morgan fingerprint density at radius 2 is 0.984 bits per heavy atom. The lowest BCUT2D eigenvalue weighted by Gasteiger charge is -2.41. The van der Waals surface area contributed by atoms with E-state index in [4.69, 9.17) is 14.2 Å². The Balaban J connectivity index is 0.000000156. The molecule has 2 saturated carbocycles. The predicted octanol–water partition coefficient (Wildman–Crippen LogP) is 8.33. The van der Waals surface area contributed by atoms with Gasteiger partial charge in [-0.3, -0.25) is 18.7 Å². The molecule has 2 aliphatic carbocycles. The van der Waals surface area contributed by atoms with E-state index in [9.17, 15) is 14.0 Å². The average Bonchev–Trinajstić information content (AvgIpc) is 3.22. The monoisotopic (exact) mass is 826 g/mol. The van der Waals surface area contributed by atoms with E-state index in [-0.39, 0.29) is 23.2 Å². The molecule has 4 aliphatic rings. The molecule has 2 aliphatic heterocycles. The molecule has 0 amide bonds. The number of benzene rings is 4. The summed E-state index contributed by atoms with van der Waals surface area (Å²) in [5, 5.41) is 0.510. The minimum absolute atomic E-state index is 0.0154. The van der Waals surface area contributed by atoms with Crippen LogP contribution in [0.5, 0.6) is 17.2 Å². The summed E-state index contributed by atoms with van der Waals surface area (Å²) >= 11 is 0. The zero-order valence-corrected chi connectivity index (χ0v) is 35.4. The molecule has 12 heteroatoms. The lowest BCUT2D eigenvalue weighted by Crippen LogP contribution is -2.46. The van der Waals surface area contributed by atoms with Crippen LogP contribution in [0, 0.1) is 19.7 Å². The number of nitrogens with zero attached hydrogens (tertiary/aromatic N) is 6. The van der Waals surface area contributed by atoms with Crippen LogP contribution in [0.25, 0.3) is 33.2 Å². The average molecular weight is 827 g/mol. The molecule has 4 aromatic carbocycles. The van der Waals surface area contributed by atoms with Gasteiger partial charge in [0.25, 0.3) is 11.1 Å². The first-order valence-corrected chi connectivity index (χ1v) is 22.0. The van der Waals surface area contributed by atoms with Gasteiger partial charge in [0.2, 0.25) is 0 Å². The van der Waals surface area contributed by atoms with Crippen LogP contribution in [0.1, 0.15) is 75.9 Å². The lowest BCUT2D eigenvalue weighted by molar-refractivity contribution is 0.0492. The highest BCUT2D eigenvalue weighted by Crippen LogP contribution is 2.31. The fourth-order valence-corrected chi connectivity index (χ4v) is 9.34. The Morgan fingerprint density at radius 1 is 0.557 bits per heavy atom. The van der Waals surface area contributed by atoms with Gasteiger partial charge in [-0.05, 0) is 138 Å². The van der Waals surface area contributed by atoms with E-state index in [0.717, 1.165) is 81.1 Å². The standard InChI is InChI=1S/C25H29N3O3.C24H26FN3O2/c1-17-26-22-7-4-8-23(30-2)24(22)25(29)28(17)19-9-11-20(12-10-19)31-21-13-15-27(16-14-21)18-5-3-6-18;1-16-26-22-7-3-6-21(25)23(22)24(29)28(16)18-8-10-19(11-9-18)30-20-12-14-27(15-13-20)17-4-2-5-17/h4,7-12,18,21H,3,5-6,13-16H2,1-2H3;3,6-11,17,20H,2,4-5,12-15H2,1H3. The van der Waals surface area contributed by atoms with Gasteiger partial charge in [0.05, 0.1) is 29.5 Å². The maximum Gasteiger partial charge on any atom is 0.269 e. The number of halogens is 1. The van der Waals surface area contributed by atoms with Crippen LogP contribution in [0.15, 0.2) is 94.5 Å². The van der Waals surface area contributed by atoms with E-state index in [0.29, 0.717) is 39.5 Å². The van der Waals surface area contributed by atoms with Gasteiger partial charge in [-0.15, -0.1) is 0 Å². The van der Waals surface area contributed by atoms with E-state index >= 15 is 0 Å². The van der Waals surface area contributed by atoms with Crippen LogP contribution in [0.4, 0.5) is 4.39 Å². The lowest BCUT2D eigenvalue weighted by atomic mass is 9.90. The van der Waals surface area contributed by atoms with Crippen molar-refractivity contribution in [2.24, 2.45) is 0 Å². The fourth-order valence-electron chi connectivity index (χ4n) is 9.34. The minimum Gasteiger partial charge on any atom is -0.496 e. The van der Waals surface area contributed by atoms with E-state index in [1.165, 1.54) is 49.2 Å². The van der Waals surface area contributed by atoms with Crippen molar-refractivity contribution in [3.63, 3.8) is 0 Å². The number of likely N-dealkylation sites (tertiary alicyclic amines) is 2. The van der Waals surface area contributed by atoms with Crippen molar-refractivity contribution in [3.05, 3.63) is 123 Å². The Labute approximate surface area is 355 Å². The smallest absolute Gasteiger partial charge is 0.269 e. The number of piperidine rings is 2. The maximum absolute atomic E-state index is 14.2. The second-order valence-electron chi connectivity index (χ2n) is 17.0. The number of rotatable bonds is 9. The van der Waals surface area contributed by atoms with Crippen molar-refractivity contribution in [1.29, 1.82) is 0 Å². The maximum atomic E-state index is 14.2. The number of methoxy groups -OCH3 is 1. The van der Waals surface area contributed by atoms with Gasteiger partial charge in [-0.2, -0.15) is 0 Å². The summed E-state index contributed by atoms with van der Waals surface area (Å²) < 4.78 is 35.1. The van der Waals surface area contributed by atoms with Gasteiger partial charge < -0.3 is 24.0 Å². The van der Waals surface area contributed by atoms with Crippen molar-refractivity contribution in [3.8, 4) is 28.6 Å². The zero-order chi connectivity index (χ0) is 42.0. The summed E-state index contributed by atoms with van der Waals surface area (Å²) in [6.45, 7) is 8.08. The van der Waals surface area contributed by atoms with Gasteiger partial charge in [-0.1, -0.05) is 25.0 Å². The SMILES string of the molecule is COc1cccc2nc(C)n(-c3ccc(OC4CCN(C5CCC5)CC4)cc3)c(=O)c12.Cc1nc2cccc(F)c2c(=O)n1-c1ccc(OC2CCN(C3CCC3)CC2)cc1. The van der Waals surface area contributed by atoms with Gasteiger partial charge in [0.1, 0.15) is 57.7 Å². The van der Waals surface area contributed by atoms with Crippen molar-refractivity contribution in [2.75, 3.05) is 33.3 Å². The van der Waals surface area contributed by atoms with Crippen LogP contribution >= 0.6 is 0 Å². The largest absolute Gasteiger partial charge is 0.496 e. The first kappa shape index (κ1) is 40.8. The van der Waals surface area contributed by atoms with E-state index in [2.05, 4.69) is 19.8 Å². The van der Waals surface area contributed by atoms with Gasteiger partial charge >= 0.3 is 0 Å². The molecule has 2 saturated heterocycles. The molecular weight excluding hydrogens is 772 g/mol. The van der Waals surface area contributed by atoms with Crippen molar-refractivity contribution in [1.82, 2.24) is 28.9 Å².